The van der Waals surface area contributed by atoms with Crippen LogP contribution in [0.5, 0.6) is 0 Å². The van der Waals surface area contributed by atoms with Gasteiger partial charge in [-0.05, 0) is 70.6 Å². The average Bonchev–Trinajstić information content (AvgIpc) is 0.838. The molecule has 3 rings (SSSR count). The molecule has 19 heteroatoms. The zero-order chi connectivity index (χ0) is 66.8. The number of unbranched alkanes of at least 4 members (excludes halogenated alkanes) is 29. The number of hydrogen-bond donors (Lipinski definition) is 12. The van der Waals surface area contributed by atoms with Crippen molar-refractivity contribution < 1.29 is 89.4 Å². The van der Waals surface area contributed by atoms with Gasteiger partial charge in [0.15, 0.2) is 18.9 Å². The Balaban J connectivity index is 1.42. The first-order valence-corrected chi connectivity index (χ1v) is 36.2. The fraction of sp³-hybridized carbons (Fsp3) is 0.822. The topological polar surface area (TPSA) is 307 Å². The molecule has 3 saturated heterocycles. The van der Waals surface area contributed by atoms with Gasteiger partial charge in [-0.25, -0.2) is 0 Å². The second-order valence-corrected chi connectivity index (χ2v) is 25.7. The maximum absolute atomic E-state index is 13.4. The molecule has 3 heterocycles. The Morgan fingerprint density at radius 2 is 0.761 bits per heavy atom. The Hall–Kier alpha value is -2.77. The highest BCUT2D eigenvalue weighted by Gasteiger charge is 2.53. The summed E-state index contributed by atoms with van der Waals surface area (Å²) in [6.07, 6.45) is 41.9. The predicted octanol–water partition coefficient (Wildman–Crippen LogP) is 10.1. The van der Waals surface area contributed by atoms with E-state index in [4.69, 9.17) is 28.4 Å². The Morgan fingerprint density at radius 3 is 1.22 bits per heavy atom. The maximum Gasteiger partial charge on any atom is 0.220 e. The lowest BCUT2D eigenvalue weighted by Gasteiger charge is -2.48. The first-order valence-electron chi connectivity index (χ1n) is 36.2. The molecule has 0 saturated carbocycles. The summed E-state index contributed by atoms with van der Waals surface area (Å²) >= 11 is 0. The summed E-state index contributed by atoms with van der Waals surface area (Å²) in [4.78, 5) is 13.4. The summed E-state index contributed by atoms with van der Waals surface area (Å²) in [6.45, 7) is 1.59. The first kappa shape index (κ1) is 83.5. The molecule has 0 spiro atoms. The molecule has 0 aromatic rings. The Labute approximate surface area is 553 Å². The lowest BCUT2D eigenvalue weighted by Crippen LogP contribution is -2.66. The highest BCUT2D eigenvalue weighted by Crippen LogP contribution is 2.33. The zero-order valence-electron chi connectivity index (χ0n) is 56.5. The number of aliphatic hydroxyl groups excluding tert-OH is 11. The fourth-order valence-corrected chi connectivity index (χ4v) is 11.9. The summed E-state index contributed by atoms with van der Waals surface area (Å²) < 4.78 is 34.3. The molecule has 92 heavy (non-hydrogen) atoms. The van der Waals surface area contributed by atoms with Gasteiger partial charge in [0.05, 0.1) is 38.6 Å². The van der Waals surface area contributed by atoms with Crippen LogP contribution in [0.25, 0.3) is 0 Å². The number of amides is 1. The van der Waals surface area contributed by atoms with Crippen LogP contribution in [0, 0.1) is 0 Å². The zero-order valence-corrected chi connectivity index (χ0v) is 56.5. The molecule has 3 fully saturated rings. The summed E-state index contributed by atoms with van der Waals surface area (Å²) in [6, 6.07) is -1.01. The standard InChI is InChI=1S/C73H129NO18/c1-3-5-7-9-11-13-15-17-19-21-22-23-24-25-26-27-28-29-30-31-32-33-35-36-38-40-42-44-46-48-50-57(78)56(74-61(79)51-49-47-45-43-41-39-37-34-20-18-16-14-12-10-8-6-4-2)55-87-71-67(85)64(82)69(59(53-76)89-71)92-73-68(86)65(83)70(60(54-77)90-73)91-72-66(84)63(81)62(80)58(52-75)88-72/h6,8,12,14,18,20,37,39-40,42,48,50,56-60,62-73,75-78,80-86H,3-5,7,9-11,13,15-17,19,21-36,38,41,43-47,49,51-55H2,1-2H3,(H,74,79)/b8-6-,14-12-,20-18-,39-37-,42-40+,50-48+. The van der Waals surface area contributed by atoms with Crippen LogP contribution in [-0.2, 0) is 33.2 Å². The molecule has 17 unspecified atom stereocenters. The van der Waals surface area contributed by atoms with Gasteiger partial charge >= 0.3 is 0 Å². The summed E-state index contributed by atoms with van der Waals surface area (Å²) in [5.41, 5.74) is 0. The minimum Gasteiger partial charge on any atom is -0.394 e. The largest absolute Gasteiger partial charge is 0.394 e. The molecule has 3 aliphatic rings. The minimum atomic E-state index is -1.99. The van der Waals surface area contributed by atoms with Crippen molar-refractivity contribution in [3.8, 4) is 0 Å². The number of nitrogens with one attached hydrogen (secondary N) is 1. The summed E-state index contributed by atoms with van der Waals surface area (Å²) in [7, 11) is 0. The minimum absolute atomic E-state index is 0.204. The van der Waals surface area contributed by atoms with Crippen LogP contribution >= 0.6 is 0 Å². The maximum atomic E-state index is 13.4. The van der Waals surface area contributed by atoms with Crippen molar-refractivity contribution in [2.75, 3.05) is 26.4 Å². The third-order valence-electron chi connectivity index (χ3n) is 17.7. The quantitative estimate of drug-likeness (QED) is 0.0199. The molecule has 534 valence electrons. The Morgan fingerprint density at radius 1 is 0.402 bits per heavy atom. The molecule has 12 N–H and O–H groups in total. The van der Waals surface area contributed by atoms with Crippen LogP contribution < -0.4 is 5.32 Å². The van der Waals surface area contributed by atoms with E-state index in [-0.39, 0.29) is 18.9 Å². The molecular formula is C73H129NO18. The fourth-order valence-electron chi connectivity index (χ4n) is 11.9. The number of rotatable bonds is 55. The normalized spacial score (nSPS) is 28.1. The number of aliphatic hydroxyl groups is 11. The summed E-state index contributed by atoms with van der Waals surface area (Å²) in [5, 5.41) is 121. The molecule has 0 bridgehead atoms. The van der Waals surface area contributed by atoms with Gasteiger partial charge < -0.3 is 89.9 Å². The van der Waals surface area contributed by atoms with Gasteiger partial charge in [-0.1, -0.05) is 247 Å². The number of allylic oxidation sites excluding steroid dienone is 11. The Kier molecular flexibility index (Phi) is 49.2. The number of carbonyl (C=O) groups is 1. The SMILES string of the molecule is CC/C=C\C/C=C\C/C=C\C/C=C\CCCCCCC(=O)NC(COC1OC(CO)C(OC2OC(CO)C(OC3OC(CO)C(O)C(O)C3O)C(O)C2O)C(O)C1O)C(O)/C=C/CC/C=C/CCCCCCCCCCCCCCCCCCCCCCCCCC. The monoisotopic (exact) mass is 1310 g/mol. The van der Waals surface area contributed by atoms with E-state index < -0.39 is 124 Å². The van der Waals surface area contributed by atoms with Crippen LogP contribution in [0.2, 0.25) is 0 Å². The number of carbonyl (C=O) groups excluding carboxylic acids is 1. The third-order valence-corrected chi connectivity index (χ3v) is 17.7. The van der Waals surface area contributed by atoms with Crippen molar-refractivity contribution in [3.63, 3.8) is 0 Å². The molecule has 1 amide bonds. The van der Waals surface area contributed by atoms with E-state index in [1.54, 1.807) is 6.08 Å². The second kappa shape index (κ2) is 54.3. The van der Waals surface area contributed by atoms with Crippen molar-refractivity contribution in [3.05, 3.63) is 72.9 Å². The number of ether oxygens (including phenoxy) is 6. The van der Waals surface area contributed by atoms with E-state index in [1.807, 2.05) is 6.08 Å². The van der Waals surface area contributed by atoms with Gasteiger partial charge in [-0.2, -0.15) is 0 Å². The van der Waals surface area contributed by atoms with Gasteiger partial charge in [0.25, 0.3) is 0 Å². The van der Waals surface area contributed by atoms with Crippen LogP contribution in [0.3, 0.4) is 0 Å². The van der Waals surface area contributed by atoms with Gasteiger partial charge in [0.1, 0.15) is 73.2 Å². The van der Waals surface area contributed by atoms with Crippen molar-refractivity contribution in [2.45, 2.75) is 356 Å². The highest BCUT2D eigenvalue weighted by molar-refractivity contribution is 5.76. The van der Waals surface area contributed by atoms with Crippen LogP contribution in [-0.4, -0.2) is 193 Å². The van der Waals surface area contributed by atoms with Crippen molar-refractivity contribution >= 4 is 5.91 Å². The van der Waals surface area contributed by atoms with E-state index >= 15 is 0 Å². The van der Waals surface area contributed by atoms with Gasteiger partial charge in [-0.15, -0.1) is 0 Å². The van der Waals surface area contributed by atoms with E-state index in [2.05, 4.69) is 79.9 Å². The van der Waals surface area contributed by atoms with Crippen LogP contribution in [0.1, 0.15) is 251 Å². The van der Waals surface area contributed by atoms with Crippen LogP contribution in [0.15, 0.2) is 72.9 Å². The lowest BCUT2D eigenvalue weighted by molar-refractivity contribution is -0.379. The summed E-state index contributed by atoms with van der Waals surface area (Å²) in [5.74, 6) is -0.309. The lowest BCUT2D eigenvalue weighted by atomic mass is 9.96. The molecular weight excluding hydrogens is 1180 g/mol. The first-order chi connectivity index (χ1) is 44.8. The van der Waals surface area contributed by atoms with E-state index in [9.17, 15) is 61.0 Å². The molecule has 0 aromatic heterocycles. The van der Waals surface area contributed by atoms with E-state index in [1.165, 1.54) is 148 Å². The van der Waals surface area contributed by atoms with Crippen molar-refractivity contribution in [1.29, 1.82) is 0 Å². The third kappa shape index (κ3) is 35.5. The van der Waals surface area contributed by atoms with E-state index in [0.717, 1.165) is 70.6 Å². The van der Waals surface area contributed by atoms with Crippen molar-refractivity contribution in [2.24, 2.45) is 0 Å². The molecule has 0 aromatic carbocycles. The van der Waals surface area contributed by atoms with Gasteiger partial charge in [0.2, 0.25) is 5.91 Å². The Bertz CT molecular complexity index is 1950. The average molecular weight is 1310 g/mol. The smallest absolute Gasteiger partial charge is 0.220 e. The van der Waals surface area contributed by atoms with E-state index in [0.29, 0.717) is 12.8 Å². The predicted molar refractivity (Wildman–Crippen MR) is 360 cm³/mol. The molecule has 17 atom stereocenters. The molecule has 0 radical (unpaired) electrons. The van der Waals surface area contributed by atoms with Crippen LogP contribution in [0.4, 0.5) is 0 Å². The molecule has 19 nitrogen and oxygen atoms in total. The van der Waals surface area contributed by atoms with Gasteiger partial charge in [-0.3, -0.25) is 4.79 Å². The molecule has 3 aliphatic heterocycles. The second-order valence-electron chi connectivity index (χ2n) is 25.7. The van der Waals surface area contributed by atoms with Crippen molar-refractivity contribution in [1.82, 2.24) is 5.32 Å². The number of hydrogen-bond acceptors (Lipinski definition) is 18. The molecule has 0 aliphatic carbocycles. The van der Waals surface area contributed by atoms with Gasteiger partial charge in [0, 0.05) is 6.42 Å². The highest BCUT2D eigenvalue weighted by atomic mass is 16.8.